The molecular weight excluding hydrogens is 297 g/mol. The number of rotatable bonds is 3. The lowest BCUT2D eigenvalue weighted by Crippen LogP contribution is -2.44. The minimum Gasteiger partial charge on any atom is -0.404 e. The smallest absolute Gasteiger partial charge is 0.404 e. The molecule has 1 aliphatic rings. The average Bonchev–Trinajstić information content (AvgIpc) is 2.45. The molecule has 1 aliphatic heterocycles. The van der Waals surface area contributed by atoms with E-state index in [1.807, 2.05) is 20.9 Å². The first kappa shape index (κ1) is 18.7. The monoisotopic (exact) mass is 320 g/mol. The summed E-state index contributed by atoms with van der Waals surface area (Å²) in [5.74, 6) is -0.350. The minimum atomic E-state index is -4.71. The Hall–Kier alpha value is -1.34. The molecule has 0 bridgehead atoms. The van der Waals surface area contributed by atoms with E-state index < -0.39 is 12.0 Å². The molecule has 0 unspecified atom stereocenters. The van der Waals surface area contributed by atoms with Crippen molar-refractivity contribution in [1.82, 2.24) is 9.88 Å². The Morgan fingerprint density at radius 2 is 1.86 bits per heavy atom. The van der Waals surface area contributed by atoms with Gasteiger partial charge in [0.05, 0.1) is 11.8 Å². The van der Waals surface area contributed by atoms with Crippen LogP contribution >= 0.6 is 0 Å². The Bertz CT molecular complexity index is 441. The van der Waals surface area contributed by atoms with Crippen molar-refractivity contribution in [2.75, 3.05) is 20.1 Å². The summed E-state index contributed by atoms with van der Waals surface area (Å²) in [7, 11) is 1.99. The number of halogens is 3. The topological polar surface area (TPSA) is 45.6 Å². The molecule has 7 heteroatoms. The molecule has 0 spiro atoms. The van der Waals surface area contributed by atoms with Crippen LogP contribution in [0.15, 0.2) is 18.3 Å². The van der Waals surface area contributed by atoms with E-state index in [2.05, 4.69) is 14.6 Å². The van der Waals surface area contributed by atoms with Gasteiger partial charge in [-0.05, 0) is 32.0 Å². The third kappa shape index (κ3) is 6.19. The van der Waals surface area contributed by atoms with Crippen molar-refractivity contribution in [3.63, 3.8) is 0 Å². The summed E-state index contributed by atoms with van der Waals surface area (Å²) in [6.45, 7) is 5.59. The lowest BCUT2D eigenvalue weighted by Gasteiger charge is -2.36. The molecule has 1 N–H and O–H groups in total. The van der Waals surface area contributed by atoms with Crippen molar-refractivity contribution in [3.05, 3.63) is 24.0 Å². The van der Waals surface area contributed by atoms with Crippen LogP contribution in [0.3, 0.4) is 0 Å². The molecule has 4 nitrogen and oxygen atoms in total. The Labute approximate surface area is 128 Å². The van der Waals surface area contributed by atoms with Crippen LogP contribution in [0.25, 0.3) is 0 Å². The number of ether oxygens (including phenoxy) is 1. The quantitative estimate of drug-likeness (QED) is 0.930. The average molecular weight is 320 g/mol. The lowest BCUT2D eigenvalue weighted by molar-refractivity contribution is -0.274. The molecule has 0 amide bonds. The molecule has 1 saturated heterocycles. The van der Waals surface area contributed by atoms with Gasteiger partial charge in [-0.2, -0.15) is 0 Å². The van der Waals surface area contributed by atoms with E-state index in [9.17, 15) is 18.3 Å². The second-order valence-electron chi connectivity index (χ2n) is 5.24. The van der Waals surface area contributed by atoms with Crippen LogP contribution in [0.2, 0.25) is 0 Å². The van der Waals surface area contributed by atoms with Gasteiger partial charge >= 0.3 is 6.36 Å². The number of pyridine rings is 1. The van der Waals surface area contributed by atoms with Crippen molar-refractivity contribution >= 4 is 0 Å². The number of likely N-dealkylation sites (tertiary alicyclic amines) is 1. The van der Waals surface area contributed by atoms with Gasteiger partial charge in [-0.3, -0.25) is 4.98 Å². The fraction of sp³-hybridized carbons (Fsp3) is 0.667. The molecule has 0 aromatic carbocycles. The zero-order valence-corrected chi connectivity index (χ0v) is 13.2. The Morgan fingerprint density at radius 1 is 1.27 bits per heavy atom. The predicted octanol–water partition coefficient (Wildman–Crippen LogP) is 3.01. The number of piperidine rings is 1. The minimum absolute atomic E-state index is 0.340. The highest BCUT2D eigenvalue weighted by molar-refractivity contribution is 5.21. The van der Waals surface area contributed by atoms with Crippen molar-refractivity contribution < 1.29 is 23.0 Å². The molecular formula is C15H23F3N2O2. The van der Waals surface area contributed by atoms with Gasteiger partial charge in [0.25, 0.3) is 0 Å². The first-order chi connectivity index (χ1) is 10.3. The van der Waals surface area contributed by atoms with Crippen LogP contribution in [-0.2, 0) is 6.42 Å². The maximum atomic E-state index is 12.0. The van der Waals surface area contributed by atoms with Crippen LogP contribution in [0.4, 0.5) is 13.2 Å². The second-order valence-corrected chi connectivity index (χ2v) is 5.24. The van der Waals surface area contributed by atoms with Crippen LogP contribution in [0.5, 0.6) is 5.75 Å². The molecule has 2 rings (SSSR count). The van der Waals surface area contributed by atoms with Crippen LogP contribution in [0, 0.1) is 0 Å². The van der Waals surface area contributed by atoms with E-state index in [1.54, 1.807) is 0 Å². The fourth-order valence-electron chi connectivity index (χ4n) is 2.26. The zero-order valence-electron chi connectivity index (χ0n) is 13.2. The third-order valence-corrected chi connectivity index (χ3v) is 3.46. The molecule has 22 heavy (non-hydrogen) atoms. The first-order valence-corrected chi connectivity index (χ1v) is 7.37. The summed E-state index contributed by atoms with van der Waals surface area (Å²) in [4.78, 5) is 6.05. The highest BCUT2D eigenvalue weighted by Crippen LogP contribution is 2.26. The molecule has 126 valence electrons. The van der Waals surface area contributed by atoms with Crippen molar-refractivity contribution in [2.45, 2.75) is 45.1 Å². The van der Waals surface area contributed by atoms with Crippen LogP contribution in [0.1, 0.15) is 32.4 Å². The summed E-state index contributed by atoms with van der Waals surface area (Å²) in [5.41, 5.74) is -0.266. The van der Waals surface area contributed by atoms with Gasteiger partial charge in [0.15, 0.2) is 0 Å². The lowest BCUT2D eigenvalue weighted by atomic mass is 9.87. The molecule has 0 aliphatic carbocycles. The van der Waals surface area contributed by atoms with Gasteiger partial charge in [-0.1, -0.05) is 13.8 Å². The molecule has 1 aromatic rings. The SMILES string of the molecule is CC.CN1CCC(O)(Cc2ccc(OC(F)(F)F)cn2)CC1. The van der Waals surface area contributed by atoms with E-state index in [0.717, 1.165) is 19.3 Å². The van der Waals surface area contributed by atoms with E-state index in [0.29, 0.717) is 25.0 Å². The number of aliphatic hydroxyl groups is 1. The summed E-state index contributed by atoms with van der Waals surface area (Å²) in [6, 6.07) is 2.67. The number of nitrogens with zero attached hydrogens (tertiary/aromatic N) is 2. The molecule has 0 radical (unpaired) electrons. The third-order valence-electron chi connectivity index (χ3n) is 3.46. The van der Waals surface area contributed by atoms with E-state index in [-0.39, 0.29) is 5.75 Å². The molecule has 0 saturated carbocycles. The van der Waals surface area contributed by atoms with Crippen molar-refractivity contribution in [3.8, 4) is 5.75 Å². The van der Waals surface area contributed by atoms with Gasteiger partial charge in [0.1, 0.15) is 5.75 Å². The Balaban J connectivity index is 0.00000116. The molecule has 0 atom stereocenters. The fourth-order valence-corrected chi connectivity index (χ4v) is 2.26. The van der Waals surface area contributed by atoms with Gasteiger partial charge in [-0.25, -0.2) is 0 Å². The van der Waals surface area contributed by atoms with Crippen LogP contribution < -0.4 is 4.74 Å². The van der Waals surface area contributed by atoms with Gasteiger partial charge < -0.3 is 14.7 Å². The first-order valence-electron chi connectivity index (χ1n) is 7.37. The van der Waals surface area contributed by atoms with E-state index in [1.165, 1.54) is 12.1 Å². The van der Waals surface area contributed by atoms with Crippen molar-refractivity contribution in [2.24, 2.45) is 0 Å². The summed E-state index contributed by atoms with van der Waals surface area (Å²) < 4.78 is 39.8. The number of hydrogen-bond acceptors (Lipinski definition) is 4. The number of hydrogen-bond donors (Lipinski definition) is 1. The van der Waals surface area contributed by atoms with Gasteiger partial charge in [-0.15, -0.1) is 13.2 Å². The molecule has 2 heterocycles. The normalized spacial score (nSPS) is 18.3. The predicted molar refractivity (Wildman–Crippen MR) is 77.7 cm³/mol. The maximum Gasteiger partial charge on any atom is 0.573 e. The zero-order chi connectivity index (χ0) is 16.8. The number of alkyl halides is 3. The highest BCUT2D eigenvalue weighted by Gasteiger charge is 2.33. The summed E-state index contributed by atoms with van der Waals surface area (Å²) in [5, 5.41) is 10.4. The standard InChI is InChI=1S/C13H17F3N2O2.C2H6/c1-18-6-4-12(19,5-7-18)8-10-2-3-11(9-17-10)20-13(14,15)16;1-2/h2-3,9,19H,4-8H2,1H3;1-2H3. The maximum absolute atomic E-state index is 12.0. The van der Waals surface area contributed by atoms with Crippen molar-refractivity contribution in [1.29, 1.82) is 0 Å². The van der Waals surface area contributed by atoms with Crippen LogP contribution in [-0.4, -0.2) is 47.1 Å². The highest BCUT2D eigenvalue weighted by atomic mass is 19.4. The molecule has 1 fully saturated rings. The number of aromatic nitrogens is 1. The Kier molecular flexibility index (Phi) is 6.62. The van der Waals surface area contributed by atoms with Gasteiger partial charge in [0, 0.05) is 25.2 Å². The Morgan fingerprint density at radius 3 is 2.32 bits per heavy atom. The van der Waals surface area contributed by atoms with Gasteiger partial charge in [0.2, 0.25) is 0 Å². The van der Waals surface area contributed by atoms with E-state index >= 15 is 0 Å². The largest absolute Gasteiger partial charge is 0.573 e. The summed E-state index contributed by atoms with van der Waals surface area (Å²) in [6.07, 6.45) is -2.08. The van der Waals surface area contributed by atoms with E-state index in [4.69, 9.17) is 0 Å². The summed E-state index contributed by atoms with van der Waals surface area (Å²) >= 11 is 0. The molecule has 1 aromatic heterocycles. The second kappa shape index (κ2) is 7.78.